The molecule has 0 aliphatic carbocycles. The standard InChI is InChI=1S/C18H20N2O4/c1-13(21)20-16-8-3-4-9-17(16)24-12-18(22)19-11-14-6-5-7-15(10-14)23-2/h3-10H,11-12H2,1-2H3,(H,19,22)(H,20,21). The molecule has 0 fully saturated rings. The molecule has 0 radical (unpaired) electrons. The van der Waals surface area contributed by atoms with E-state index in [1.165, 1.54) is 6.92 Å². The molecule has 24 heavy (non-hydrogen) atoms. The third kappa shape index (κ3) is 5.31. The van der Waals surface area contributed by atoms with E-state index in [0.29, 0.717) is 18.0 Å². The third-order valence-corrected chi connectivity index (χ3v) is 3.18. The van der Waals surface area contributed by atoms with E-state index in [0.717, 1.165) is 11.3 Å². The highest BCUT2D eigenvalue weighted by Gasteiger charge is 2.07. The second-order valence-electron chi connectivity index (χ2n) is 5.09. The number of para-hydroxylation sites is 2. The van der Waals surface area contributed by atoms with E-state index >= 15 is 0 Å². The second-order valence-corrected chi connectivity index (χ2v) is 5.09. The van der Waals surface area contributed by atoms with E-state index in [1.54, 1.807) is 31.4 Å². The monoisotopic (exact) mass is 328 g/mol. The minimum Gasteiger partial charge on any atom is -0.497 e. The van der Waals surface area contributed by atoms with Gasteiger partial charge in [-0.05, 0) is 29.8 Å². The van der Waals surface area contributed by atoms with Gasteiger partial charge in [0.2, 0.25) is 5.91 Å². The number of methoxy groups -OCH3 is 1. The number of ether oxygens (including phenoxy) is 2. The summed E-state index contributed by atoms with van der Waals surface area (Å²) in [5, 5.41) is 5.43. The van der Waals surface area contributed by atoms with Gasteiger partial charge in [0.15, 0.2) is 6.61 Å². The molecule has 0 spiro atoms. The Bertz CT molecular complexity index is 716. The van der Waals surface area contributed by atoms with Gasteiger partial charge in [-0.25, -0.2) is 0 Å². The Morgan fingerprint density at radius 1 is 1.08 bits per heavy atom. The highest BCUT2D eigenvalue weighted by atomic mass is 16.5. The molecule has 0 aliphatic heterocycles. The molecule has 0 atom stereocenters. The van der Waals surface area contributed by atoms with Gasteiger partial charge in [-0.1, -0.05) is 24.3 Å². The molecule has 6 nitrogen and oxygen atoms in total. The molecule has 2 aromatic carbocycles. The Kier molecular flexibility index (Phi) is 6.19. The van der Waals surface area contributed by atoms with Crippen LogP contribution in [0.4, 0.5) is 5.69 Å². The lowest BCUT2D eigenvalue weighted by atomic mass is 10.2. The SMILES string of the molecule is COc1cccc(CNC(=O)COc2ccccc2NC(C)=O)c1. The Labute approximate surface area is 140 Å². The highest BCUT2D eigenvalue weighted by molar-refractivity contribution is 5.90. The lowest BCUT2D eigenvalue weighted by molar-refractivity contribution is -0.123. The molecular weight excluding hydrogens is 308 g/mol. The summed E-state index contributed by atoms with van der Waals surface area (Å²) in [6, 6.07) is 14.4. The van der Waals surface area contributed by atoms with Crippen LogP contribution >= 0.6 is 0 Å². The van der Waals surface area contributed by atoms with Gasteiger partial charge in [-0.2, -0.15) is 0 Å². The minimum absolute atomic E-state index is 0.138. The van der Waals surface area contributed by atoms with Gasteiger partial charge in [0.05, 0.1) is 12.8 Å². The fourth-order valence-electron chi connectivity index (χ4n) is 2.06. The predicted molar refractivity (Wildman–Crippen MR) is 91.1 cm³/mol. The number of rotatable bonds is 7. The summed E-state index contributed by atoms with van der Waals surface area (Å²) in [6.45, 7) is 1.66. The van der Waals surface area contributed by atoms with Crippen LogP contribution in [0.5, 0.6) is 11.5 Å². The van der Waals surface area contributed by atoms with E-state index in [9.17, 15) is 9.59 Å². The molecule has 0 heterocycles. The van der Waals surface area contributed by atoms with Gasteiger partial charge in [0.1, 0.15) is 11.5 Å². The van der Waals surface area contributed by atoms with Crippen LogP contribution in [-0.4, -0.2) is 25.5 Å². The number of anilines is 1. The van der Waals surface area contributed by atoms with Crippen molar-refractivity contribution >= 4 is 17.5 Å². The lowest BCUT2D eigenvalue weighted by Gasteiger charge is -2.12. The number of benzene rings is 2. The van der Waals surface area contributed by atoms with E-state index in [4.69, 9.17) is 9.47 Å². The maximum absolute atomic E-state index is 11.9. The Morgan fingerprint density at radius 3 is 2.62 bits per heavy atom. The summed E-state index contributed by atoms with van der Waals surface area (Å²) in [6.07, 6.45) is 0. The van der Waals surface area contributed by atoms with Crippen LogP contribution in [0.1, 0.15) is 12.5 Å². The van der Waals surface area contributed by atoms with Crippen molar-refractivity contribution in [3.63, 3.8) is 0 Å². The van der Waals surface area contributed by atoms with Gasteiger partial charge in [0.25, 0.3) is 5.91 Å². The molecule has 0 saturated heterocycles. The number of carbonyl (C=O) groups is 2. The molecule has 2 amide bonds. The number of hydrogen-bond acceptors (Lipinski definition) is 4. The van der Waals surface area contributed by atoms with Crippen LogP contribution in [0.15, 0.2) is 48.5 Å². The first-order valence-electron chi connectivity index (χ1n) is 7.47. The van der Waals surface area contributed by atoms with Crippen molar-refractivity contribution < 1.29 is 19.1 Å². The number of carbonyl (C=O) groups excluding carboxylic acids is 2. The van der Waals surface area contributed by atoms with Gasteiger partial charge >= 0.3 is 0 Å². The van der Waals surface area contributed by atoms with Gasteiger partial charge in [-0.15, -0.1) is 0 Å². The summed E-state index contributed by atoms with van der Waals surface area (Å²) in [5.41, 5.74) is 1.46. The highest BCUT2D eigenvalue weighted by Crippen LogP contribution is 2.23. The smallest absolute Gasteiger partial charge is 0.258 e. The molecule has 6 heteroatoms. The normalized spacial score (nSPS) is 9.92. The molecule has 0 bridgehead atoms. The van der Waals surface area contributed by atoms with Crippen LogP contribution in [0.2, 0.25) is 0 Å². The Hall–Kier alpha value is -3.02. The number of hydrogen-bond donors (Lipinski definition) is 2. The zero-order chi connectivity index (χ0) is 17.4. The fraction of sp³-hybridized carbons (Fsp3) is 0.222. The van der Waals surface area contributed by atoms with Crippen molar-refractivity contribution in [1.82, 2.24) is 5.32 Å². The summed E-state index contributed by atoms with van der Waals surface area (Å²) in [7, 11) is 1.60. The van der Waals surface area contributed by atoms with Crippen molar-refractivity contribution in [2.24, 2.45) is 0 Å². The summed E-state index contributed by atoms with van der Waals surface area (Å²) >= 11 is 0. The summed E-state index contributed by atoms with van der Waals surface area (Å²) in [5.74, 6) is 0.732. The zero-order valence-corrected chi connectivity index (χ0v) is 13.7. The average molecular weight is 328 g/mol. The molecule has 2 aromatic rings. The van der Waals surface area contributed by atoms with E-state index in [1.807, 2.05) is 24.3 Å². The molecule has 2 N–H and O–H groups in total. The lowest BCUT2D eigenvalue weighted by Crippen LogP contribution is -2.28. The Balaban J connectivity index is 1.86. The minimum atomic E-state index is -0.254. The fourth-order valence-corrected chi connectivity index (χ4v) is 2.06. The van der Waals surface area contributed by atoms with E-state index in [-0.39, 0.29) is 18.4 Å². The molecule has 126 valence electrons. The Morgan fingerprint density at radius 2 is 1.88 bits per heavy atom. The first-order chi connectivity index (χ1) is 11.6. The van der Waals surface area contributed by atoms with Crippen molar-refractivity contribution in [3.05, 3.63) is 54.1 Å². The predicted octanol–water partition coefficient (Wildman–Crippen LogP) is 2.35. The first kappa shape index (κ1) is 17.3. The maximum Gasteiger partial charge on any atom is 0.258 e. The molecule has 0 aromatic heterocycles. The third-order valence-electron chi connectivity index (χ3n) is 3.18. The molecule has 0 aliphatic rings. The topological polar surface area (TPSA) is 76.7 Å². The molecule has 0 unspecified atom stereocenters. The first-order valence-corrected chi connectivity index (χ1v) is 7.47. The molecule has 0 saturated carbocycles. The van der Waals surface area contributed by atoms with Crippen molar-refractivity contribution in [1.29, 1.82) is 0 Å². The average Bonchev–Trinajstić information content (AvgIpc) is 2.59. The van der Waals surface area contributed by atoms with Crippen molar-refractivity contribution in [2.45, 2.75) is 13.5 Å². The summed E-state index contributed by atoms with van der Waals surface area (Å²) < 4.78 is 10.6. The zero-order valence-electron chi connectivity index (χ0n) is 13.7. The van der Waals surface area contributed by atoms with Gasteiger partial charge in [-0.3, -0.25) is 9.59 Å². The van der Waals surface area contributed by atoms with Gasteiger partial charge in [0, 0.05) is 13.5 Å². The van der Waals surface area contributed by atoms with Crippen molar-refractivity contribution in [2.75, 3.05) is 19.0 Å². The van der Waals surface area contributed by atoms with E-state index < -0.39 is 0 Å². The van der Waals surface area contributed by atoms with Crippen molar-refractivity contribution in [3.8, 4) is 11.5 Å². The van der Waals surface area contributed by atoms with E-state index in [2.05, 4.69) is 10.6 Å². The van der Waals surface area contributed by atoms with Gasteiger partial charge < -0.3 is 20.1 Å². The van der Waals surface area contributed by atoms with Crippen LogP contribution in [0.25, 0.3) is 0 Å². The van der Waals surface area contributed by atoms with Crippen LogP contribution < -0.4 is 20.1 Å². The van der Waals surface area contributed by atoms with Crippen LogP contribution in [-0.2, 0) is 16.1 Å². The molecular formula is C18H20N2O4. The number of amides is 2. The summed E-state index contributed by atoms with van der Waals surface area (Å²) in [4.78, 5) is 23.1. The quantitative estimate of drug-likeness (QED) is 0.818. The largest absolute Gasteiger partial charge is 0.497 e. The second kappa shape index (κ2) is 8.57. The van der Waals surface area contributed by atoms with Crippen LogP contribution in [0.3, 0.4) is 0 Å². The molecule has 2 rings (SSSR count). The van der Waals surface area contributed by atoms with Crippen LogP contribution in [0, 0.1) is 0 Å². The number of nitrogens with one attached hydrogen (secondary N) is 2. The maximum atomic E-state index is 11.9.